The summed E-state index contributed by atoms with van der Waals surface area (Å²) < 4.78 is 10.1. The summed E-state index contributed by atoms with van der Waals surface area (Å²) in [6, 6.07) is 7.31. The molecule has 0 saturated heterocycles. The van der Waals surface area contributed by atoms with E-state index in [1.165, 1.54) is 0 Å². The number of hydrogen-bond donors (Lipinski definition) is 1. The fourth-order valence-corrected chi connectivity index (χ4v) is 1.31. The Morgan fingerprint density at radius 2 is 2.12 bits per heavy atom. The van der Waals surface area contributed by atoms with Crippen molar-refractivity contribution >= 4 is 5.97 Å². The number of carbonyl (C=O) groups is 1. The highest BCUT2D eigenvalue weighted by atomic mass is 16.6. The second-order valence-electron chi connectivity index (χ2n) is 3.18. The largest absolute Gasteiger partial charge is 0.482 e. The molecule has 0 aliphatic carbocycles. The number of ether oxygens (including phenoxy) is 2. The van der Waals surface area contributed by atoms with Gasteiger partial charge in [-0.1, -0.05) is 18.2 Å². The van der Waals surface area contributed by atoms with Crippen LogP contribution in [-0.4, -0.2) is 30.9 Å². The van der Waals surface area contributed by atoms with E-state index in [-0.39, 0.29) is 19.2 Å². The molecule has 88 valence electrons. The molecule has 1 N–H and O–H groups in total. The number of benzene rings is 1. The van der Waals surface area contributed by atoms with Crippen LogP contribution in [0.3, 0.4) is 0 Å². The minimum atomic E-state index is -0.388. The van der Waals surface area contributed by atoms with Crippen molar-refractivity contribution in [2.75, 3.05) is 19.8 Å². The van der Waals surface area contributed by atoms with E-state index in [0.717, 1.165) is 5.56 Å². The molecule has 1 rings (SSSR count). The van der Waals surface area contributed by atoms with Gasteiger partial charge in [-0.05, 0) is 25.0 Å². The second kappa shape index (κ2) is 6.85. The van der Waals surface area contributed by atoms with Gasteiger partial charge < -0.3 is 14.6 Å². The van der Waals surface area contributed by atoms with E-state index in [9.17, 15) is 4.79 Å². The maximum absolute atomic E-state index is 11.1. The Bertz CT molecular complexity index is 336. The Kier molecular flexibility index (Phi) is 5.36. The first-order chi connectivity index (χ1) is 7.77. The summed E-state index contributed by atoms with van der Waals surface area (Å²) >= 11 is 0. The standard InChI is InChI=1S/C12H16O4/c1-2-15-12(14)9-16-11-6-4-3-5-10(11)7-8-13/h3-6,13H,2,7-9H2,1H3. The monoisotopic (exact) mass is 224 g/mol. The first-order valence-electron chi connectivity index (χ1n) is 5.25. The Hall–Kier alpha value is -1.55. The molecule has 0 aromatic heterocycles. The average Bonchev–Trinajstić information content (AvgIpc) is 2.29. The molecule has 0 radical (unpaired) electrons. The van der Waals surface area contributed by atoms with E-state index in [0.29, 0.717) is 18.8 Å². The lowest BCUT2D eigenvalue weighted by Crippen LogP contribution is -2.15. The average molecular weight is 224 g/mol. The number of aliphatic hydroxyl groups excluding tert-OH is 1. The van der Waals surface area contributed by atoms with Crippen LogP contribution in [-0.2, 0) is 16.0 Å². The van der Waals surface area contributed by atoms with Gasteiger partial charge in [0, 0.05) is 6.61 Å². The molecule has 1 aromatic rings. The molecular formula is C12H16O4. The molecule has 16 heavy (non-hydrogen) atoms. The van der Waals surface area contributed by atoms with Crippen molar-refractivity contribution in [3.63, 3.8) is 0 Å². The smallest absolute Gasteiger partial charge is 0.344 e. The third kappa shape index (κ3) is 3.90. The Labute approximate surface area is 94.8 Å². The van der Waals surface area contributed by atoms with E-state index < -0.39 is 0 Å². The summed E-state index contributed by atoms with van der Waals surface area (Å²) in [6.07, 6.45) is 0.513. The summed E-state index contributed by atoms with van der Waals surface area (Å²) in [7, 11) is 0. The predicted octanol–water partition coefficient (Wildman–Crippen LogP) is 1.16. The van der Waals surface area contributed by atoms with Gasteiger partial charge in [0.15, 0.2) is 6.61 Å². The SMILES string of the molecule is CCOC(=O)COc1ccccc1CCO. The van der Waals surface area contributed by atoms with Crippen LogP contribution < -0.4 is 4.74 Å². The first-order valence-corrected chi connectivity index (χ1v) is 5.25. The molecule has 0 aliphatic heterocycles. The molecule has 0 spiro atoms. The molecular weight excluding hydrogens is 208 g/mol. The lowest BCUT2D eigenvalue weighted by Gasteiger charge is -2.09. The topological polar surface area (TPSA) is 55.8 Å². The van der Waals surface area contributed by atoms with Gasteiger partial charge in [0.05, 0.1) is 6.61 Å². The van der Waals surface area contributed by atoms with Crippen LogP contribution in [0.25, 0.3) is 0 Å². The number of hydrogen-bond acceptors (Lipinski definition) is 4. The molecule has 0 unspecified atom stereocenters. The normalized spacial score (nSPS) is 9.88. The minimum absolute atomic E-state index is 0.0553. The van der Waals surface area contributed by atoms with Crippen molar-refractivity contribution in [2.24, 2.45) is 0 Å². The quantitative estimate of drug-likeness (QED) is 0.737. The van der Waals surface area contributed by atoms with E-state index in [4.69, 9.17) is 14.6 Å². The van der Waals surface area contributed by atoms with Crippen molar-refractivity contribution < 1.29 is 19.4 Å². The van der Waals surface area contributed by atoms with Crippen molar-refractivity contribution in [2.45, 2.75) is 13.3 Å². The summed E-state index contributed by atoms with van der Waals surface area (Å²) in [6.45, 7) is 2.05. The van der Waals surface area contributed by atoms with Gasteiger partial charge in [0.1, 0.15) is 5.75 Å². The molecule has 0 atom stereocenters. The zero-order valence-corrected chi connectivity index (χ0v) is 9.31. The molecule has 0 saturated carbocycles. The lowest BCUT2D eigenvalue weighted by molar-refractivity contribution is -0.145. The molecule has 0 heterocycles. The lowest BCUT2D eigenvalue weighted by atomic mass is 10.1. The summed E-state index contributed by atoms with van der Waals surface area (Å²) in [5.74, 6) is 0.228. The molecule has 1 aromatic carbocycles. The highest BCUT2D eigenvalue weighted by molar-refractivity contribution is 5.71. The summed E-state index contributed by atoms with van der Waals surface area (Å²) in [4.78, 5) is 11.1. The van der Waals surface area contributed by atoms with Crippen LogP contribution in [0, 0.1) is 0 Å². The minimum Gasteiger partial charge on any atom is -0.482 e. The van der Waals surface area contributed by atoms with Crippen LogP contribution in [0.5, 0.6) is 5.75 Å². The van der Waals surface area contributed by atoms with Gasteiger partial charge in [-0.2, -0.15) is 0 Å². The van der Waals surface area contributed by atoms with Gasteiger partial charge in [-0.15, -0.1) is 0 Å². The van der Waals surface area contributed by atoms with E-state index in [2.05, 4.69) is 0 Å². The van der Waals surface area contributed by atoms with Gasteiger partial charge >= 0.3 is 5.97 Å². The molecule has 0 aliphatic rings. The fourth-order valence-electron chi connectivity index (χ4n) is 1.31. The molecule has 4 heteroatoms. The van der Waals surface area contributed by atoms with Crippen LogP contribution in [0.15, 0.2) is 24.3 Å². The summed E-state index contributed by atoms with van der Waals surface area (Å²) in [5, 5.41) is 8.86. The van der Waals surface area contributed by atoms with Gasteiger partial charge in [0.25, 0.3) is 0 Å². The molecule has 4 nitrogen and oxygen atoms in total. The number of aliphatic hydroxyl groups is 1. The third-order valence-corrected chi connectivity index (χ3v) is 2.00. The van der Waals surface area contributed by atoms with Crippen molar-refractivity contribution in [1.29, 1.82) is 0 Å². The zero-order valence-electron chi connectivity index (χ0n) is 9.31. The highest BCUT2D eigenvalue weighted by Gasteiger charge is 2.06. The Morgan fingerprint density at radius 3 is 2.81 bits per heavy atom. The zero-order chi connectivity index (χ0) is 11.8. The van der Waals surface area contributed by atoms with Crippen LogP contribution in [0.4, 0.5) is 0 Å². The van der Waals surface area contributed by atoms with E-state index in [1.54, 1.807) is 13.0 Å². The predicted molar refractivity (Wildman–Crippen MR) is 59.4 cm³/mol. The molecule has 0 bridgehead atoms. The maximum Gasteiger partial charge on any atom is 0.344 e. The van der Waals surface area contributed by atoms with Gasteiger partial charge in [-0.3, -0.25) is 0 Å². The maximum atomic E-state index is 11.1. The fraction of sp³-hybridized carbons (Fsp3) is 0.417. The van der Waals surface area contributed by atoms with Gasteiger partial charge in [-0.25, -0.2) is 4.79 Å². The van der Waals surface area contributed by atoms with E-state index >= 15 is 0 Å². The summed E-state index contributed by atoms with van der Waals surface area (Å²) in [5.41, 5.74) is 0.884. The van der Waals surface area contributed by atoms with E-state index in [1.807, 2.05) is 18.2 Å². The Morgan fingerprint density at radius 1 is 1.38 bits per heavy atom. The number of carbonyl (C=O) groups excluding carboxylic acids is 1. The highest BCUT2D eigenvalue weighted by Crippen LogP contribution is 2.18. The molecule has 0 amide bonds. The van der Waals surface area contributed by atoms with Crippen molar-refractivity contribution in [3.8, 4) is 5.75 Å². The van der Waals surface area contributed by atoms with Gasteiger partial charge in [0.2, 0.25) is 0 Å². The number of para-hydroxylation sites is 1. The van der Waals surface area contributed by atoms with Crippen molar-refractivity contribution in [1.82, 2.24) is 0 Å². The van der Waals surface area contributed by atoms with Crippen LogP contribution in [0.1, 0.15) is 12.5 Å². The van der Waals surface area contributed by atoms with Crippen LogP contribution in [0.2, 0.25) is 0 Å². The number of rotatable bonds is 6. The first kappa shape index (κ1) is 12.5. The number of esters is 1. The second-order valence-corrected chi connectivity index (χ2v) is 3.18. The molecule has 0 fully saturated rings. The van der Waals surface area contributed by atoms with Crippen molar-refractivity contribution in [3.05, 3.63) is 29.8 Å². The third-order valence-electron chi connectivity index (χ3n) is 2.00. The van der Waals surface area contributed by atoms with Crippen LogP contribution >= 0.6 is 0 Å². The Balaban J connectivity index is 2.55.